The molecule has 0 spiro atoms. The molecular formula is C14H10F18P6Rh2. The van der Waals surface area contributed by atoms with Crippen molar-refractivity contribution < 1.29 is 115 Å². The molecule has 40 heavy (non-hydrogen) atoms. The van der Waals surface area contributed by atoms with E-state index in [0.29, 0.717) is 0 Å². The van der Waals surface area contributed by atoms with Crippen molar-refractivity contribution in [2.24, 2.45) is 0 Å². The summed E-state index contributed by atoms with van der Waals surface area (Å²) in [6.45, 7) is 0. The van der Waals surface area contributed by atoms with Crippen LogP contribution in [-0.2, 0) is 39.0 Å². The van der Waals surface area contributed by atoms with Gasteiger partial charge in [0, 0.05) is 50.1 Å². The van der Waals surface area contributed by atoms with Gasteiger partial charge in [-0.25, -0.2) is 0 Å². The van der Waals surface area contributed by atoms with Gasteiger partial charge in [0.1, 0.15) is 0 Å². The van der Waals surface area contributed by atoms with E-state index in [1.165, 1.54) is 0 Å². The van der Waals surface area contributed by atoms with E-state index in [4.69, 9.17) is 0 Å². The molecule has 0 saturated heterocycles. The maximum atomic E-state index is 9.73. The standard InChI is InChI=1S/C14H10.6F3P.2Rh/c1-3-7-13(8-4-1)11-12-14-9-5-2-6-10-14;6*1-4(2)3;;/h1-10H;;;;;;;;. The maximum Gasteiger partial charge on any atom is 0.456 e. The van der Waals surface area contributed by atoms with E-state index >= 15 is 0 Å². The minimum absolute atomic E-state index is 0. The molecular weight excluding hydrogens is 902 g/mol. The molecule has 0 fully saturated rings. The average molecular weight is 912 g/mol. The number of rotatable bonds is 0. The molecule has 0 aliphatic carbocycles. The van der Waals surface area contributed by atoms with Gasteiger partial charge in [-0.2, -0.15) is 75.5 Å². The molecule has 26 heteroatoms. The first-order chi connectivity index (χ1) is 17.3. The molecule has 0 aromatic heterocycles. The largest absolute Gasteiger partial charge is 0.456 e. The Morgan fingerprint density at radius 2 is 0.425 bits per heavy atom. The summed E-state index contributed by atoms with van der Waals surface area (Å²) in [4.78, 5) is 0. The predicted octanol–water partition coefficient (Wildman–Crippen LogP) is 15.8. The normalized spacial score (nSPS) is 8.50. The maximum absolute atomic E-state index is 9.73. The first-order valence-electron chi connectivity index (χ1n) is 7.61. The van der Waals surface area contributed by atoms with Crippen LogP contribution in [-0.4, -0.2) is 0 Å². The second-order valence-corrected chi connectivity index (χ2v) is 6.43. The van der Waals surface area contributed by atoms with Gasteiger partial charge in [-0.05, 0) is 24.3 Å². The van der Waals surface area contributed by atoms with Gasteiger partial charge in [-0.15, -0.1) is 0 Å². The molecule has 0 aliphatic heterocycles. The van der Waals surface area contributed by atoms with Crippen LogP contribution >= 0.6 is 53.1 Å². The van der Waals surface area contributed by atoms with Gasteiger partial charge in [0.2, 0.25) is 0 Å². The fourth-order valence-electron chi connectivity index (χ4n) is 1.19. The van der Waals surface area contributed by atoms with Crippen molar-refractivity contribution in [1.82, 2.24) is 0 Å². The van der Waals surface area contributed by atoms with Crippen LogP contribution in [0.2, 0.25) is 0 Å². The van der Waals surface area contributed by atoms with Gasteiger partial charge >= 0.3 is 53.1 Å². The van der Waals surface area contributed by atoms with Crippen molar-refractivity contribution in [2.45, 2.75) is 0 Å². The summed E-state index contributed by atoms with van der Waals surface area (Å²) in [6.07, 6.45) is 0. The predicted molar refractivity (Wildman–Crippen MR) is 120 cm³/mol. The first kappa shape index (κ1) is 56.4. The number of hydrogen-bond acceptors (Lipinski definition) is 0. The number of hydrogen-bond donors (Lipinski definition) is 0. The molecule has 2 aromatic carbocycles. The molecule has 0 bridgehead atoms. The van der Waals surface area contributed by atoms with E-state index in [9.17, 15) is 75.5 Å². The topological polar surface area (TPSA) is 0 Å². The zero-order valence-corrected chi connectivity index (χ0v) is 26.6. The van der Waals surface area contributed by atoms with E-state index in [0.717, 1.165) is 11.1 Å². The van der Waals surface area contributed by atoms with Crippen molar-refractivity contribution in [3.05, 3.63) is 71.8 Å². The van der Waals surface area contributed by atoms with Gasteiger partial charge in [0.05, 0.1) is 0 Å². The van der Waals surface area contributed by atoms with Gasteiger partial charge in [-0.1, -0.05) is 48.2 Å². The smallest absolute Gasteiger partial charge is 0.152 e. The summed E-state index contributed by atoms with van der Waals surface area (Å²) in [7, 11) is -24.7. The van der Waals surface area contributed by atoms with Crippen LogP contribution in [0.25, 0.3) is 0 Å². The third kappa shape index (κ3) is 117. The Morgan fingerprint density at radius 1 is 0.300 bits per heavy atom. The van der Waals surface area contributed by atoms with Crippen LogP contribution in [0.4, 0.5) is 75.5 Å². The van der Waals surface area contributed by atoms with Crippen LogP contribution in [0, 0.1) is 11.8 Å². The minimum atomic E-state index is -4.12. The molecule has 0 saturated carbocycles. The Labute approximate surface area is 250 Å². The summed E-state index contributed by atoms with van der Waals surface area (Å²) in [5.41, 5.74) is 2.10. The SMILES string of the molecule is C(#Cc1ccccc1)c1ccccc1.FP(F)F.FP(F)F.FP(F)F.FP(F)F.FP(F)F.FP(F)F.[Rh].[Rh]. The molecule has 240 valence electrons. The van der Waals surface area contributed by atoms with Crippen LogP contribution in [0.5, 0.6) is 0 Å². The second kappa shape index (κ2) is 44.0. The Balaban J connectivity index is -0.0000000711. The van der Waals surface area contributed by atoms with Crippen LogP contribution in [0.15, 0.2) is 60.7 Å². The Kier molecular flexibility index (Phi) is 62.0. The molecule has 0 nitrogen and oxygen atoms in total. The van der Waals surface area contributed by atoms with E-state index < -0.39 is 53.1 Å². The fraction of sp³-hybridized carbons (Fsp3) is 0. The summed E-state index contributed by atoms with van der Waals surface area (Å²) in [6, 6.07) is 20.0. The van der Waals surface area contributed by atoms with Crippen molar-refractivity contribution in [3.63, 3.8) is 0 Å². The van der Waals surface area contributed by atoms with Gasteiger partial charge < -0.3 is 0 Å². The van der Waals surface area contributed by atoms with Crippen molar-refractivity contribution in [3.8, 4) is 11.8 Å². The molecule has 0 aliphatic rings. The molecule has 0 atom stereocenters. The Hall–Kier alpha value is 0.567. The van der Waals surface area contributed by atoms with Crippen LogP contribution < -0.4 is 0 Å². The molecule has 0 unspecified atom stereocenters. The minimum Gasteiger partial charge on any atom is -0.152 e. The summed E-state index contributed by atoms with van der Waals surface area (Å²) < 4.78 is 175. The molecule has 2 rings (SSSR count). The van der Waals surface area contributed by atoms with Gasteiger partial charge in [0.25, 0.3) is 0 Å². The van der Waals surface area contributed by atoms with Crippen LogP contribution in [0.3, 0.4) is 0 Å². The molecule has 0 heterocycles. The quantitative estimate of drug-likeness (QED) is 0.107. The van der Waals surface area contributed by atoms with Crippen LogP contribution in [0.1, 0.15) is 11.1 Å². The molecule has 0 N–H and O–H groups in total. The Morgan fingerprint density at radius 3 is 0.550 bits per heavy atom. The third-order valence-electron chi connectivity index (χ3n) is 1.90. The summed E-state index contributed by atoms with van der Waals surface area (Å²) in [5.74, 6) is 6.22. The molecule has 2 radical (unpaired) electrons. The van der Waals surface area contributed by atoms with Gasteiger partial charge in [0.15, 0.2) is 0 Å². The molecule has 0 amide bonds. The van der Waals surface area contributed by atoms with E-state index in [-0.39, 0.29) is 39.0 Å². The van der Waals surface area contributed by atoms with Gasteiger partial charge in [-0.3, -0.25) is 0 Å². The fourth-order valence-corrected chi connectivity index (χ4v) is 1.19. The van der Waals surface area contributed by atoms with E-state index in [2.05, 4.69) is 11.8 Å². The zero-order chi connectivity index (χ0) is 31.1. The van der Waals surface area contributed by atoms with Crippen molar-refractivity contribution >= 4 is 53.1 Å². The van der Waals surface area contributed by atoms with Crippen molar-refractivity contribution in [1.29, 1.82) is 0 Å². The average Bonchev–Trinajstić information content (AvgIpc) is 2.71. The third-order valence-corrected chi connectivity index (χ3v) is 1.90. The zero-order valence-electron chi connectivity index (χ0n) is 17.9. The summed E-state index contributed by atoms with van der Waals surface area (Å²) >= 11 is 0. The number of halogens is 18. The van der Waals surface area contributed by atoms with Crippen molar-refractivity contribution in [2.75, 3.05) is 0 Å². The second-order valence-electron chi connectivity index (χ2n) is 4.13. The number of benzene rings is 2. The first-order valence-corrected chi connectivity index (χ1v) is 13.7. The Bertz CT molecular complexity index is 652. The monoisotopic (exact) mass is 912 g/mol. The molecule has 2 aromatic rings. The van der Waals surface area contributed by atoms with E-state index in [1.807, 2.05) is 60.7 Å². The summed E-state index contributed by atoms with van der Waals surface area (Å²) in [5, 5.41) is 0. The van der Waals surface area contributed by atoms with E-state index in [1.54, 1.807) is 0 Å².